The zero-order chi connectivity index (χ0) is 13.0. The van der Waals surface area contributed by atoms with Crippen LogP contribution in [-0.4, -0.2) is 41.9 Å². The molecular formula is C14H17N2O2. The van der Waals surface area contributed by atoms with Gasteiger partial charge in [-0.05, 0) is 31.4 Å². The number of carbonyl (C=O) groups is 1. The standard InChI is InChI=1S/C14H17N2O2/c1-15(13-9-5-6-10-16(13)11-17)14(18)12-7-3-2-4-8-12/h2-4,7-8,13H,5-6,9-10H2,1H3. The molecule has 1 atom stereocenters. The molecule has 2 amide bonds. The maximum Gasteiger partial charge on any atom is 0.313 e. The van der Waals surface area contributed by atoms with Crippen LogP contribution in [0.25, 0.3) is 0 Å². The molecule has 0 saturated carbocycles. The summed E-state index contributed by atoms with van der Waals surface area (Å²) in [4.78, 5) is 26.4. The molecule has 0 bridgehead atoms. The van der Waals surface area contributed by atoms with Crippen LogP contribution in [0.3, 0.4) is 0 Å². The first kappa shape index (κ1) is 12.6. The number of carbonyl (C=O) groups excluding carboxylic acids is 2. The van der Waals surface area contributed by atoms with Gasteiger partial charge in [0.1, 0.15) is 6.17 Å². The van der Waals surface area contributed by atoms with Crippen LogP contribution in [0.4, 0.5) is 0 Å². The minimum absolute atomic E-state index is 0.0530. The molecule has 18 heavy (non-hydrogen) atoms. The van der Waals surface area contributed by atoms with Crippen LogP contribution in [-0.2, 0) is 4.79 Å². The minimum atomic E-state index is -0.163. The van der Waals surface area contributed by atoms with Gasteiger partial charge in [-0.3, -0.25) is 9.59 Å². The third-order valence-electron chi connectivity index (χ3n) is 3.38. The monoisotopic (exact) mass is 245 g/mol. The van der Waals surface area contributed by atoms with E-state index in [0.717, 1.165) is 19.3 Å². The van der Waals surface area contributed by atoms with E-state index >= 15 is 0 Å². The van der Waals surface area contributed by atoms with Gasteiger partial charge in [-0.25, -0.2) is 0 Å². The van der Waals surface area contributed by atoms with Crippen molar-refractivity contribution in [2.75, 3.05) is 13.6 Å². The van der Waals surface area contributed by atoms with Gasteiger partial charge in [0.15, 0.2) is 0 Å². The lowest BCUT2D eigenvalue weighted by atomic mass is 10.1. The number of rotatable bonds is 3. The van der Waals surface area contributed by atoms with Gasteiger partial charge in [0.2, 0.25) is 0 Å². The van der Waals surface area contributed by atoms with E-state index in [1.54, 1.807) is 29.0 Å². The summed E-state index contributed by atoms with van der Waals surface area (Å²) in [6.07, 6.45) is 4.61. The van der Waals surface area contributed by atoms with Crippen molar-refractivity contribution in [3.05, 3.63) is 35.9 Å². The van der Waals surface area contributed by atoms with E-state index in [9.17, 15) is 9.59 Å². The molecule has 1 heterocycles. The van der Waals surface area contributed by atoms with E-state index in [-0.39, 0.29) is 12.1 Å². The fourth-order valence-electron chi connectivity index (χ4n) is 2.34. The molecular weight excluding hydrogens is 228 g/mol. The molecule has 2 rings (SSSR count). The summed E-state index contributed by atoms with van der Waals surface area (Å²) >= 11 is 0. The average Bonchev–Trinajstić information content (AvgIpc) is 2.46. The highest BCUT2D eigenvalue weighted by atomic mass is 16.2. The molecule has 95 valence electrons. The van der Waals surface area contributed by atoms with Crippen LogP contribution in [0.2, 0.25) is 0 Å². The topological polar surface area (TPSA) is 40.6 Å². The lowest BCUT2D eigenvalue weighted by Gasteiger charge is -2.38. The van der Waals surface area contributed by atoms with Gasteiger partial charge >= 0.3 is 6.41 Å². The largest absolute Gasteiger partial charge is 0.321 e. The Balaban J connectivity index is 2.12. The lowest BCUT2D eigenvalue weighted by molar-refractivity contribution is 0.0484. The van der Waals surface area contributed by atoms with Crippen molar-refractivity contribution in [1.82, 2.24) is 9.80 Å². The van der Waals surface area contributed by atoms with Crippen molar-refractivity contribution in [1.29, 1.82) is 0 Å². The maximum absolute atomic E-state index is 12.3. The highest BCUT2D eigenvalue weighted by molar-refractivity contribution is 5.94. The van der Waals surface area contributed by atoms with Crippen LogP contribution in [0, 0.1) is 0 Å². The van der Waals surface area contributed by atoms with E-state index < -0.39 is 0 Å². The van der Waals surface area contributed by atoms with Gasteiger partial charge in [-0.1, -0.05) is 18.2 Å². The molecule has 0 N–H and O–H groups in total. The average molecular weight is 245 g/mol. The lowest BCUT2D eigenvalue weighted by Crippen LogP contribution is -2.50. The van der Waals surface area contributed by atoms with Crippen LogP contribution in [0.1, 0.15) is 29.6 Å². The molecule has 1 aliphatic heterocycles. The smallest absolute Gasteiger partial charge is 0.313 e. The van der Waals surface area contributed by atoms with Gasteiger partial charge < -0.3 is 9.80 Å². The number of benzene rings is 1. The number of hydrogen-bond donors (Lipinski definition) is 0. The summed E-state index contributed by atoms with van der Waals surface area (Å²) < 4.78 is 0. The Hall–Kier alpha value is -1.84. The Labute approximate surface area is 107 Å². The molecule has 0 aliphatic carbocycles. The molecule has 1 radical (unpaired) electrons. The fraction of sp³-hybridized carbons (Fsp3) is 0.429. The minimum Gasteiger partial charge on any atom is -0.321 e. The Morgan fingerprint density at radius 2 is 2.06 bits per heavy atom. The Bertz CT molecular complexity index is 419. The summed E-state index contributed by atoms with van der Waals surface area (Å²) in [5.74, 6) is -0.0530. The summed E-state index contributed by atoms with van der Waals surface area (Å²) in [5, 5.41) is 0. The van der Waals surface area contributed by atoms with E-state index in [0.29, 0.717) is 12.1 Å². The summed E-state index contributed by atoms with van der Waals surface area (Å²) in [5.41, 5.74) is 0.649. The molecule has 1 aromatic rings. The molecule has 4 nitrogen and oxygen atoms in total. The summed E-state index contributed by atoms with van der Waals surface area (Å²) in [6, 6.07) is 9.13. The quantitative estimate of drug-likeness (QED) is 0.812. The Kier molecular flexibility index (Phi) is 3.97. The van der Waals surface area contributed by atoms with Crippen molar-refractivity contribution >= 4 is 12.3 Å². The first-order valence-corrected chi connectivity index (χ1v) is 6.20. The highest BCUT2D eigenvalue weighted by Gasteiger charge is 2.28. The first-order valence-electron chi connectivity index (χ1n) is 6.20. The molecule has 1 fully saturated rings. The second-order valence-electron chi connectivity index (χ2n) is 4.54. The van der Waals surface area contributed by atoms with Gasteiger partial charge in [-0.15, -0.1) is 0 Å². The fourth-order valence-corrected chi connectivity index (χ4v) is 2.34. The van der Waals surface area contributed by atoms with E-state index in [2.05, 4.69) is 0 Å². The number of amides is 2. The highest BCUT2D eigenvalue weighted by Crippen LogP contribution is 2.19. The molecule has 4 heteroatoms. The summed E-state index contributed by atoms with van der Waals surface area (Å²) in [7, 11) is 1.75. The van der Waals surface area contributed by atoms with E-state index in [4.69, 9.17) is 0 Å². The Morgan fingerprint density at radius 1 is 1.33 bits per heavy atom. The van der Waals surface area contributed by atoms with Crippen molar-refractivity contribution in [2.45, 2.75) is 25.4 Å². The van der Waals surface area contributed by atoms with Crippen LogP contribution >= 0.6 is 0 Å². The van der Waals surface area contributed by atoms with Crippen LogP contribution < -0.4 is 0 Å². The van der Waals surface area contributed by atoms with Crippen molar-refractivity contribution in [3.8, 4) is 0 Å². The van der Waals surface area contributed by atoms with Gasteiger partial charge in [0.05, 0.1) is 0 Å². The van der Waals surface area contributed by atoms with Crippen LogP contribution in [0.15, 0.2) is 30.3 Å². The van der Waals surface area contributed by atoms with Gasteiger partial charge in [0, 0.05) is 19.2 Å². The molecule has 1 aromatic carbocycles. The molecule has 1 unspecified atom stereocenters. The molecule has 1 saturated heterocycles. The molecule has 0 aromatic heterocycles. The van der Waals surface area contributed by atoms with Crippen molar-refractivity contribution in [2.24, 2.45) is 0 Å². The van der Waals surface area contributed by atoms with Crippen molar-refractivity contribution < 1.29 is 9.59 Å². The van der Waals surface area contributed by atoms with E-state index in [1.165, 1.54) is 0 Å². The second-order valence-corrected chi connectivity index (χ2v) is 4.54. The number of likely N-dealkylation sites (tertiary alicyclic amines) is 1. The predicted octanol–water partition coefficient (Wildman–Crippen LogP) is 1.64. The van der Waals surface area contributed by atoms with E-state index in [1.807, 2.05) is 24.6 Å². The zero-order valence-corrected chi connectivity index (χ0v) is 10.5. The second kappa shape index (κ2) is 5.67. The predicted molar refractivity (Wildman–Crippen MR) is 68.6 cm³/mol. The zero-order valence-electron chi connectivity index (χ0n) is 10.5. The van der Waals surface area contributed by atoms with Gasteiger partial charge in [0.25, 0.3) is 5.91 Å². The Morgan fingerprint density at radius 3 is 2.72 bits per heavy atom. The third kappa shape index (κ3) is 2.53. The molecule has 0 spiro atoms. The van der Waals surface area contributed by atoms with Crippen molar-refractivity contribution in [3.63, 3.8) is 0 Å². The number of piperidine rings is 1. The number of nitrogens with zero attached hydrogens (tertiary/aromatic N) is 2. The normalized spacial score (nSPS) is 19.4. The third-order valence-corrected chi connectivity index (χ3v) is 3.38. The summed E-state index contributed by atoms with van der Waals surface area (Å²) in [6.45, 7) is 0.681. The number of hydrogen-bond acceptors (Lipinski definition) is 2. The SMILES string of the molecule is CN(C(=O)c1ccccc1)C1CCCCN1[C]=O. The first-order chi connectivity index (χ1) is 8.74. The van der Waals surface area contributed by atoms with Crippen LogP contribution in [0.5, 0.6) is 0 Å². The maximum atomic E-state index is 12.3. The van der Waals surface area contributed by atoms with Gasteiger partial charge in [-0.2, -0.15) is 0 Å². The molecule has 1 aliphatic rings.